The van der Waals surface area contributed by atoms with Gasteiger partial charge in [0.15, 0.2) is 6.73 Å². The van der Waals surface area contributed by atoms with Crippen molar-refractivity contribution in [3.63, 3.8) is 0 Å². The SMILES string of the molecule is C#CCN1CC(=O)N(COC(=O)[C@@H]2C(C=C(C)C)C2(C)C)C1=O.CC1(C)C(C=C(Cl)Cl)C1C(=O)OC(C#N)c1cccc(Oc2ccccc2)c1. The molecule has 3 amide bonds. The van der Waals surface area contributed by atoms with Crippen LogP contribution < -0.4 is 4.74 Å². The average Bonchev–Trinajstić information content (AvgIpc) is 3.77. The number of carbonyl (C=O) groups excluding carboxylic acids is 4. The Morgan fingerprint density at radius 2 is 1.57 bits per heavy atom. The van der Waals surface area contributed by atoms with E-state index in [1.54, 1.807) is 30.3 Å². The number of nitriles is 1. The summed E-state index contributed by atoms with van der Waals surface area (Å²) in [5.74, 6) is 1.71. The fourth-order valence-electron chi connectivity index (χ4n) is 6.27. The van der Waals surface area contributed by atoms with Crippen LogP contribution in [0.5, 0.6) is 11.5 Å². The highest BCUT2D eigenvalue weighted by molar-refractivity contribution is 6.55. The largest absolute Gasteiger partial charge is 0.457 e. The van der Waals surface area contributed by atoms with E-state index in [1.807, 2.05) is 77.9 Å². The molecular formula is C39H41Cl2N3O7. The number of carbonyl (C=O) groups is 4. The number of allylic oxidation sites excluding steroid dienone is 3. The molecule has 2 aromatic carbocycles. The molecule has 0 aromatic heterocycles. The Labute approximate surface area is 308 Å². The molecule has 10 nitrogen and oxygen atoms in total. The second kappa shape index (κ2) is 16.1. The fraction of sp³-hybridized carbons (Fsp3) is 0.410. The van der Waals surface area contributed by atoms with Gasteiger partial charge in [-0.15, -0.1) is 6.42 Å². The number of benzene rings is 2. The molecule has 268 valence electrons. The molecule has 1 saturated heterocycles. The lowest BCUT2D eigenvalue weighted by Crippen LogP contribution is -2.36. The molecule has 2 aliphatic carbocycles. The molecule has 51 heavy (non-hydrogen) atoms. The molecule has 2 saturated carbocycles. The number of esters is 2. The Morgan fingerprint density at radius 3 is 2.16 bits per heavy atom. The van der Waals surface area contributed by atoms with E-state index in [0.29, 0.717) is 17.1 Å². The van der Waals surface area contributed by atoms with Crippen LogP contribution in [0, 0.1) is 58.2 Å². The van der Waals surface area contributed by atoms with E-state index in [1.165, 1.54) is 4.90 Å². The molecule has 3 fully saturated rings. The molecule has 5 rings (SSSR count). The van der Waals surface area contributed by atoms with E-state index < -0.39 is 24.0 Å². The van der Waals surface area contributed by atoms with E-state index in [4.69, 9.17) is 43.8 Å². The molecule has 0 N–H and O–H groups in total. The summed E-state index contributed by atoms with van der Waals surface area (Å²) in [7, 11) is 0. The summed E-state index contributed by atoms with van der Waals surface area (Å²) < 4.78 is 16.6. The number of terminal acetylenes is 1. The van der Waals surface area contributed by atoms with Crippen molar-refractivity contribution >= 4 is 47.1 Å². The lowest BCUT2D eigenvalue weighted by molar-refractivity contribution is -0.152. The van der Waals surface area contributed by atoms with Gasteiger partial charge in [-0.2, -0.15) is 5.26 Å². The Kier molecular flexibility index (Phi) is 12.3. The highest BCUT2D eigenvalue weighted by atomic mass is 35.5. The second-order valence-corrected chi connectivity index (χ2v) is 15.0. The van der Waals surface area contributed by atoms with Crippen LogP contribution in [0.2, 0.25) is 0 Å². The number of rotatable bonds is 11. The summed E-state index contributed by atoms with van der Waals surface area (Å²) in [6.45, 7) is 11.5. The first-order valence-electron chi connectivity index (χ1n) is 16.3. The zero-order valence-corrected chi connectivity index (χ0v) is 30.9. The third kappa shape index (κ3) is 9.32. The van der Waals surface area contributed by atoms with Crippen molar-refractivity contribution in [2.24, 2.45) is 34.5 Å². The van der Waals surface area contributed by atoms with Crippen LogP contribution in [0.25, 0.3) is 0 Å². The van der Waals surface area contributed by atoms with Gasteiger partial charge in [-0.25, -0.2) is 9.69 Å². The van der Waals surface area contributed by atoms with Gasteiger partial charge in [-0.1, -0.05) is 98.8 Å². The van der Waals surface area contributed by atoms with Crippen molar-refractivity contribution < 1.29 is 33.4 Å². The molecule has 12 heteroatoms. The summed E-state index contributed by atoms with van der Waals surface area (Å²) >= 11 is 11.5. The first kappa shape index (κ1) is 39.0. The minimum Gasteiger partial charge on any atom is -0.457 e. The van der Waals surface area contributed by atoms with Gasteiger partial charge in [0.05, 0.1) is 18.4 Å². The standard InChI is InChI=1S/C22H19Cl2NO3.C17H22N2O4/c1-22(2)17(12-19(23)24)20(22)21(26)28-18(13-25)14-7-6-10-16(11-14)27-15-8-4-3-5-9-15;1-6-7-18-9-13(20)19(16(18)22)10-23-15(21)14-12(8-11(2)3)17(14,4)5/h3-12,17-18,20H,1-2H3;1,8,12,14H,7,9-10H2,2-5H3/t;12?,14-/m.0/s1. The first-order chi connectivity index (χ1) is 24.0. The molecule has 0 radical (unpaired) electrons. The molecule has 0 spiro atoms. The summed E-state index contributed by atoms with van der Waals surface area (Å²) in [5, 5.41) is 9.53. The number of para-hydroxylation sites is 1. The normalized spacial score (nSPS) is 22.5. The van der Waals surface area contributed by atoms with E-state index in [9.17, 15) is 24.4 Å². The lowest BCUT2D eigenvalue weighted by Gasteiger charge is -2.15. The van der Waals surface area contributed by atoms with Gasteiger partial charge in [0, 0.05) is 5.56 Å². The number of halogens is 2. The van der Waals surface area contributed by atoms with Gasteiger partial charge < -0.3 is 19.1 Å². The quantitative estimate of drug-likeness (QED) is 0.0991. The van der Waals surface area contributed by atoms with Gasteiger partial charge in [0.1, 0.15) is 28.6 Å². The number of nitrogens with zero attached hydrogens (tertiary/aromatic N) is 3. The molecule has 2 aromatic rings. The molecule has 1 aliphatic heterocycles. The minimum atomic E-state index is -1.03. The minimum absolute atomic E-state index is 0.0628. The maximum absolute atomic E-state index is 12.6. The van der Waals surface area contributed by atoms with E-state index in [0.717, 1.165) is 10.5 Å². The first-order valence-corrected chi connectivity index (χ1v) is 17.1. The number of hydrogen-bond donors (Lipinski definition) is 0. The van der Waals surface area contributed by atoms with Gasteiger partial charge in [0.25, 0.3) is 5.91 Å². The number of ether oxygens (including phenoxy) is 3. The molecule has 4 unspecified atom stereocenters. The number of imide groups is 1. The Bertz CT molecular complexity index is 1800. The van der Waals surface area contributed by atoms with E-state index in [2.05, 4.69) is 12.0 Å². The van der Waals surface area contributed by atoms with Crippen molar-refractivity contribution in [2.45, 2.75) is 47.6 Å². The Morgan fingerprint density at radius 1 is 0.961 bits per heavy atom. The number of urea groups is 1. The third-order valence-electron chi connectivity index (χ3n) is 9.39. The van der Waals surface area contributed by atoms with Gasteiger partial charge in [-0.05, 0) is 66.9 Å². The highest BCUT2D eigenvalue weighted by Crippen LogP contribution is 2.61. The van der Waals surface area contributed by atoms with Crippen LogP contribution in [0.1, 0.15) is 53.2 Å². The lowest BCUT2D eigenvalue weighted by atomic mass is 10.1. The number of amides is 3. The van der Waals surface area contributed by atoms with Crippen molar-refractivity contribution in [3.8, 4) is 29.9 Å². The maximum atomic E-state index is 12.6. The van der Waals surface area contributed by atoms with Crippen LogP contribution in [0.4, 0.5) is 4.79 Å². The second-order valence-electron chi connectivity index (χ2n) is 14.0. The predicted molar refractivity (Wildman–Crippen MR) is 192 cm³/mol. The summed E-state index contributed by atoms with van der Waals surface area (Å²) in [6.07, 6.45) is 7.83. The van der Waals surface area contributed by atoms with Gasteiger partial charge in [0.2, 0.25) is 6.10 Å². The smallest absolute Gasteiger partial charge is 0.330 e. The maximum Gasteiger partial charge on any atom is 0.330 e. The summed E-state index contributed by atoms with van der Waals surface area (Å²) in [5.41, 5.74) is 1.21. The summed E-state index contributed by atoms with van der Waals surface area (Å²) in [4.78, 5) is 50.8. The van der Waals surface area contributed by atoms with Gasteiger partial charge >= 0.3 is 18.0 Å². The van der Waals surface area contributed by atoms with E-state index >= 15 is 0 Å². The van der Waals surface area contributed by atoms with Crippen LogP contribution in [-0.4, -0.2) is 53.5 Å². The predicted octanol–water partition coefficient (Wildman–Crippen LogP) is 7.80. The summed E-state index contributed by atoms with van der Waals surface area (Å²) in [6, 6.07) is 17.8. The monoisotopic (exact) mass is 733 g/mol. The zero-order valence-electron chi connectivity index (χ0n) is 29.4. The fourth-order valence-corrected chi connectivity index (χ4v) is 6.54. The molecule has 3 aliphatic rings. The molecular weight excluding hydrogens is 693 g/mol. The van der Waals surface area contributed by atoms with Crippen LogP contribution in [0.15, 0.2) is 76.8 Å². The number of hydrogen-bond acceptors (Lipinski definition) is 8. The van der Waals surface area contributed by atoms with Crippen molar-refractivity contribution in [3.05, 3.63) is 82.4 Å². The Hall–Kier alpha value is -4.77. The van der Waals surface area contributed by atoms with Crippen molar-refractivity contribution in [1.29, 1.82) is 5.26 Å². The van der Waals surface area contributed by atoms with Crippen molar-refractivity contribution in [2.75, 3.05) is 19.8 Å². The highest BCUT2D eigenvalue weighted by Gasteiger charge is 2.62. The van der Waals surface area contributed by atoms with Crippen LogP contribution >= 0.6 is 23.2 Å². The molecule has 5 atom stereocenters. The molecule has 1 heterocycles. The van der Waals surface area contributed by atoms with Gasteiger partial charge in [-0.3, -0.25) is 14.4 Å². The Balaban J connectivity index is 0.000000233. The molecule has 0 bridgehead atoms. The zero-order chi connectivity index (χ0) is 37.7. The van der Waals surface area contributed by atoms with Crippen LogP contribution in [0.3, 0.4) is 0 Å². The van der Waals surface area contributed by atoms with Crippen LogP contribution in [-0.2, 0) is 23.9 Å². The van der Waals surface area contributed by atoms with Crippen molar-refractivity contribution in [1.82, 2.24) is 9.80 Å². The topological polar surface area (TPSA) is 126 Å². The average molecular weight is 735 g/mol. The third-order valence-corrected chi connectivity index (χ3v) is 9.64. The van der Waals surface area contributed by atoms with E-state index in [-0.39, 0.29) is 64.8 Å².